The molecule has 14 heavy (non-hydrogen) atoms. The Kier molecular flexibility index (Phi) is 2.53. The molecule has 1 aliphatic carbocycles. The van der Waals surface area contributed by atoms with Crippen LogP contribution in [0.5, 0.6) is 0 Å². The van der Waals surface area contributed by atoms with E-state index in [-0.39, 0.29) is 5.78 Å². The summed E-state index contributed by atoms with van der Waals surface area (Å²) in [6, 6.07) is 1.81. The number of nitrogens with zero attached hydrogens (tertiary/aromatic N) is 1. The topological polar surface area (TPSA) is 42.2 Å². The molecular formula is C9H11BBrNO2. The van der Waals surface area contributed by atoms with Gasteiger partial charge in [0.1, 0.15) is 0 Å². The molecule has 74 valence electrons. The first-order chi connectivity index (χ1) is 6.61. The first-order valence-electron chi connectivity index (χ1n) is 4.72. The fourth-order valence-corrected chi connectivity index (χ4v) is 2.72. The van der Waals surface area contributed by atoms with Crippen LogP contribution in [0.15, 0.2) is 10.7 Å². The van der Waals surface area contributed by atoms with Crippen molar-refractivity contribution in [3.8, 4) is 0 Å². The Labute approximate surface area is 91.4 Å². The molecular weight excluding hydrogens is 245 g/mol. The summed E-state index contributed by atoms with van der Waals surface area (Å²) in [4.78, 5) is 11.6. The van der Waals surface area contributed by atoms with Gasteiger partial charge in [0.25, 0.3) is 0 Å². The molecule has 0 bridgehead atoms. The van der Waals surface area contributed by atoms with Crippen LogP contribution in [0.1, 0.15) is 28.9 Å². The predicted molar refractivity (Wildman–Crippen MR) is 58.6 cm³/mol. The van der Waals surface area contributed by atoms with E-state index in [4.69, 9.17) is 0 Å². The monoisotopic (exact) mass is 255 g/mol. The lowest BCUT2D eigenvalue weighted by atomic mass is 9.86. The summed E-state index contributed by atoms with van der Waals surface area (Å²) >= 11 is 3.36. The van der Waals surface area contributed by atoms with Crippen LogP contribution < -0.4 is 0 Å². The van der Waals surface area contributed by atoms with Crippen LogP contribution >= 0.6 is 15.9 Å². The minimum Gasteiger partial charge on any atom is -0.432 e. The summed E-state index contributed by atoms with van der Waals surface area (Å²) < 4.78 is 2.56. The van der Waals surface area contributed by atoms with Crippen molar-refractivity contribution in [1.82, 2.24) is 4.48 Å². The zero-order chi connectivity index (χ0) is 10.3. The van der Waals surface area contributed by atoms with Crippen molar-refractivity contribution in [2.24, 2.45) is 0 Å². The molecule has 0 radical (unpaired) electrons. The highest BCUT2D eigenvalue weighted by Gasteiger charge is 2.25. The van der Waals surface area contributed by atoms with Gasteiger partial charge in [0, 0.05) is 17.7 Å². The fourth-order valence-electron chi connectivity index (χ4n) is 1.98. The van der Waals surface area contributed by atoms with Crippen molar-refractivity contribution >= 4 is 28.8 Å². The Morgan fingerprint density at radius 1 is 1.57 bits per heavy atom. The number of carbonyl (C=O) groups is 1. The normalized spacial score (nSPS) is 15.5. The van der Waals surface area contributed by atoms with E-state index in [1.807, 2.05) is 6.07 Å². The standard InChI is InChI=1S/C9H11BBrNO2/c1-10(14)12-7-3-2-4-8(13)6(7)5-9(12)11/h5,14H,2-4H2,1H3. The molecule has 0 unspecified atom stereocenters. The van der Waals surface area contributed by atoms with Gasteiger partial charge in [0.15, 0.2) is 5.78 Å². The second-order valence-electron chi connectivity index (χ2n) is 3.61. The highest BCUT2D eigenvalue weighted by molar-refractivity contribution is 9.10. The van der Waals surface area contributed by atoms with Crippen molar-refractivity contribution in [2.45, 2.75) is 26.1 Å². The number of hydrogen-bond donors (Lipinski definition) is 1. The molecule has 5 heteroatoms. The highest BCUT2D eigenvalue weighted by atomic mass is 79.9. The first-order valence-corrected chi connectivity index (χ1v) is 5.51. The molecule has 0 saturated heterocycles. The van der Waals surface area contributed by atoms with Crippen molar-refractivity contribution in [1.29, 1.82) is 0 Å². The predicted octanol–water partition coefficient (Wildman–Crippen LogP) is 1.73. The third-order valence-electron chi connectivity index (χ3n) is 2.59. The van der Waals surface area contributed by atoms with E-state index < -0.39 is 7.05 Å². The summed E-state index contributed by atoms with van der Waals surface area (Å²) in [7, 11) is -0.584. The Balaban J connectivity index is 2.57. The Morgan fingerprint density at radius 3 is 2.93 bits per heavy atom. The van der Waals surface area contributed by atoms with E-state index in [2.05, 4.69) is 15.9 Å². The lowest BCUT2D eigenvalue weighted by Gasteiger charge is -2.15. The van der Waals surface area contributed by atoms with Crippen LogP contribution in [0.4, 0.5) is 0 Å². The average Bonchev–Trinajstić information content (AvgIpc) is 2.42. The number of aromatic nitrogens is 1. The van der Waals surface area contributed by atoms with Gasteiger partial charge in [0.2, 0.25) is 0 Å². The minimum atomic E-state index is -0.584. The smallest absolute Gasteiger partial charge is 0.414 e. The molecule has 0 fully saturated rings. The molecule has 1 heterocycles. The zero-order valence-electron chi connectivity index (χ0n) is 7.96. The van der Waals surface area contributed by atoms with Gasteiger partial charge in [-0.05, 0) is 41.7 Å². The highest BCUT2D eigenvalue weighted by Crippen LogP contribution is 2.28. The van der Waals surface area contributed by atoms with E-state index in [1.165, 1.54) is 0 Å². The minimum absolute atomic E-state index is 0.186. The molecule has 1 aliphatic rings. The van der Waals surface area contributed by atoms with Crippen molar-refractivity contribution in [3.05, 3.63) is 21.9 Å². The molecule has 0 spiro atoms. The molecule has 1 aromatic heterocycles. The summed E-state index contributed by atoms with van der Waals surface area (Å²) in [5.41, 5.74) is 1.73. The Hall–Kier alpha value is -0.545. The number of Topliss-reactive ketones (excluding diaryl/α,β-unsaturated/α-hetero) is 1. The zero-order valence-corrected chi connectivity index (χ0v) is 9.54. The van der Waals surface area contributed by atoms with Crippen LogP contribution in [0.2, 0.25) is 6.82 Å². The molecule has 0 aliphatic heterocycles. The van der Waals surface area contributed by atoms with Crippen LogP contribution in [-0.2, 0) is 6.42 Å². The summed E-state index contributed by atoms with van der Waals surface area (Å²) in [5, 5.41) is 9.56. The number of carbonyl (C=O) groups excluding carboxylic acids is 1. The summed E-state index contributed by atoms with van der Waals surface area (Å²) in [6.45, 7) is 1.70. The van der Waals surface area contributed by atoms with Gasteiger partial charge in [-0.15, -0.1) is 0 Å². The van der Waals surface area contributed by atoms with Crippen LogP contribution in [0.25, 0.3) is 0 Å². The Morgan fingerprint density at radius 2 is 2.29 bits per heavy atom. The van der Waals surface area contributed by atoms with Crippen LogP contribution in [0, 0.1) is 0 Å². The van der Waals surface area contributed by atoms with Crippen LogP contribution in [-0.4, -0.2) is 22.3 Å². The molecule has 2 rings (SSSR count). The second kappa shape index (κ2) is 3.55. The maximum absolute atomic E-state index is 11.6. The lowest BCUT2D eigenvalue weighted by molar-refractivity contribution is 0.0972. The number of hydrogen-bond acceptors (Lipinski definition) is 2. The summed E-state index contributed by atoms with van der Waals surface area (Å²) in [6.07, 6.45) is 2.38. The van der Waals surface area contributed by atoms with Gasteiger partial charge in [-0.1, -0.05) is 0 Å². The largest absolute Gasteiger partial charge is 0.432 e. The van der Waals surface area contributed by atoms with Gasteiger partial charge in [-0.25, -0.2) is 0 Å². The summed E-state index contributed by atoms with van der Waals surface area (Å²) in [5.74, 6) is 0.186. The first kappa shape index (κ1) is 9.99. The molecule has 0 amide bonds. The van der Waals surface area contributed by atoms with E-state index in [0.29, 0.717) is 6.42 Å². The van der Waals surface area contributed by atoms with E-state index in [9.17, 15) is 9.82 Å². The molecule has 1 aromatic rings. The van der Waals surface area contributed by atoms with Gasteiger partial charge >= 0.3 is 7.05 Å². The van der Waals surface area contributed by atoms with Gasteiger partial charge < -0.3 is 9.50 Å². The molecule has 0 atom stereocenters. The number of halogens is 1. The third-order valence-corrected chi connectivity index (χ3v) is 3.20. The van der Waals surface area contributed by atoms with Crippen molar-refractivity contribution in [2.75, 3.05) is 0 Å². The second-order valence-corrected chi connectivity index (χ2v) is 4.42. The van der Waals surface area contributed by atoms with E-state index in [1.54, 1.807) is 11.3 Å². The number of rotatable bonds is 1. The van der Waals surface area contributed by atoms with Crippen molar-refractivity contribution in [3.63, 3.8) is 0 Å². The average molecular weight is 256 g/mol. The van der Waals surface area contributed by atoms with Crippen LogP contribution in [0.3, 0.4) is 0 Å². The number of ketones is 1. The van der Waals surface area contributed by atoms with Gasteiger partial charge in [0.05, 0.1) is 4.60 Å². The maximum atomic E-state index is 11.6. The SMILES string of the molecule is CB(O)n1c(Br)cc2c1CCCC2=O. The van der Waals surface area contributed by atoms with Gasteiger partial charge in [-0.3, -0.25) is 4.79 Å². The third kappa shape index (κ3) is 1.44. The van der Waals surface area contributed by atoms with E-state index in [0.717, 1.165) is 28.7 Å². The lowest BCUT2D eigenvalue weighted by Crippen LogP contribution is -2.24. The quantitative estimate of drug-likeness (QED) is 0.777. The molecule has 0 saturated carbocycles. The number of fused-ring (bicyclic) bond motifs is 1. The fraction of sp³-hybridized carbons (Fsp3) is 0.444. The van der Waals surface area contributed by atoms with Crippen molar-refractivity contribution < 1.29 is 9.82 Å². The molecule has 0 aromatic carbocycles. The Bertz CT molecular complexity index is 386. The van der Waals surface area contributed by atoms with Gasteiger partial charge in [-0.2, -0.15) is 0 Å². The van der Waals surface area contributed by atoms with E-state index >= 15 is 0 Å². The molecule has 1 N–H and O–H groups in total. The maximum Gasteiger partial charge on any atom is 0.414 e. The molecule has 3 nitrogen and oxygen atoms in total.